The minimum atomic E-state index is 0.135. The largest absolute Gasteiger partial charge is 0.373 e. The maximum absolute atomic E-state index is 12.5. The van der Waals surface area contributed by atoms with E-state index < -0.39 is 0 Å². The lowest BCUT2D eigenvalue weighted by Crippen LogP contribution is -2.32. The van der Waals surface area contributed by atoms with E-state index in [2.05, 4.69) is 17.2 Å². The lowest BCUT2D eigenvalue weighted by atomic mass is 10.0. The van der Waals surface area contributed by atoms with Crippen molar-refractivity contribution >= 4 is 11.7 Å². The average Bonchev–Trinajstić information content (AvgIpc) is 2.62. The summed E-state index contributed by atoms with van der Waals surface area (Å²) in [6, 6.07) is 3.71. The predicted molar refractivity (Wildman–Crippen MR) is 77.4 cm³/mol. The number of aromatic nitrogens is 1. The van der Waals surface area contributed by atoms with E-state index in [1.54, 1.807) is 0 Å². The Balaban J connectivity index is 2.16. The standard InChI is InChI=1S/C15H23N3O/c1-11-5-4-7-18(8-6-11)15(19)13-9-12(2)17-14(10-13)16-3/h9-11H,4-8H2,1-3H3,(H,16,17). The first-order valence-corrected chi connectivity index (χ1v) is 7.06. The van der Waals surface area contributed by atoms with Crippen molar-refractivity contribution in [2.75, 3.05) is 25.5 Å². The van der Waals surface area contributed by atoms with Gasteiger partial charge in [-0.2, -0.15) is 0 Å². The van der Waals surface area contributed by atoms with Gasteiger partial charge in [-0.05, 0) is 44.2 Å². The molecular weight excluding hydrogens is 238 g/mol. The van der Waals surface area contributed by atoms with E-state index in [4.69, 9.17) is 0 Å². The van der Waals surface area contributed by atoms with Crippen LogP contribution in [0.2, 0.25) is 0 Å². The number of hydrogen-bond acceptors (Lipinski definition) is 3. The highest BCUT2D eigenvalue weighted by Gasteiger charge is 2.20. The summed E-state index contributed by atoms with van der Waals surface area (Å²) in [6.45, 7) is 5.93. The molecule has 104 valence electrons. The monoisotopic (exact) mass is 261 g/mol. The molecule has 2 heterocycles. The van der Waals surface area contributed by atoms with Crippen LogP contribution in [0.5, 0.6) is 0 Å². The highest BCUT2D eigenvalue weighted by molar-refractivity contribution is 5.95. The number of anilines is 1. The van der Waals surface area contributed by atoms with Crippen molar-refractivity contribution < 1.29 is 4.79 Å². The number of nitrogens with one attached hydrogen (secondary N) is 1. The number of rotatable bonds is 2. The highest BCUT2D eigenvalue weighted by atomic mass is 16.2. The number of nitrogens with zero attached hydrogens (tertiary/aromatic N) is 2. The second kappa shape index (κ2) is 6.04. The second-order valence-electron chi connectivity index (χ2n) is 5.46. The molecule has 1 aromatic heterocycles. The first-order chi connectivity index (χ1) is 9.10. The summed E-state index contributed by atoms with van der Waals surface area (Å²) in [5.74, 6) is 1.62. The van der Waals surface area contributed by atoms with Crippen molar-refractivity contribution in [1.82, 2.24) is 9.88 Å². The molecule has 1 aliphatic heterocycles. The van der Waals surface area contributed by atoms with Gasteiger partial charge in [-0.25, -0.2) is 4.98 Å². The lowest BCUT2D eigenvalue weighted by molar-refractivity contribution is 0.0760. The maximum Gasteiger partial charge on any atom is 0.254 e. The summed E-state index contributed by atoms with van der Waals surface area (Å²) >= 11 is 0. The Kier molecular flexibility index (Phi) is 4.40. The van der Waals surface area contributed by atoms with Crippen LogP contribution in [0.3, 0.4) is 0 Å². The van der Waals surface area contributed by atoms with Crippen LogP contribution in [-0.4, -0.2) is 35.9 Å². The fourth-order valence-electron chi connectivity index (χ4n) is 2.57. The number of amides is 1. The molecule has 1 aromatic rings. The van der Waals surface area contributed by atoms with E-state index in [1.807, 2.05) is 31.0 Å². The van der Waals surface area contributed by atoms with Crippen molar-refractivity contribution in [2.24, 2.45) is 5.92 Å². The van der Waals surface area contributed by atoms with E-state index in [9.17, 15) is 4.79 Å². The fourth-order valence-corrected chi connectivity index (χ4v) is 2.57. The molecule has 1 N–H and O–H groups in total. The zero-order chi connectivity index (χ0) is 13.8. The van der Waals surface area contributed by atoms with Crippen LogP contribution in [-0.2, 0) is 0 Å². The molecule has 1 atom stereocenters. The molecule has 0 saturated carbocycles. The summed E-state index contributed by atoms with van der Waals surface area (Å²) in [5, 5.41) is 3.00. The third-order valence-corrected chi connectivity index (χ3v) is 3.76. The molecule has 1 amide bonds. The van der Waals surface area contributed by atoms with Gasteiger partial charge < -0.3 is 10.2 Å². The average molecular weight is 261 g/mol. The Morgan fingerprint density at radius 3 is 2.89 bits per heavy atom. The molecule has 4 nitrogen and oxygen atoms in total. The van der Waals surface area contributed by atoms with Gasteiger partial charge in [0.1, 0.15) is 5.82 Å². The molecule has 1 unspecified atom stereocenters. The number of carbonyl (C=O) groups excluding carboxylic acids is 1. The molecule has 0 aliphatic carbocycles. The Morgan fingerprint density at radius 1 is 1.37 bits per heavy atom. The third-order valence-electron chi connectivity index (χ3n) is 3.76. The van der Waals surface area contributed by atoms with Crippen molar-refractivity contribution in [2.45, 2.75) is 33.1 Å². The van der Waals surface area contributed by atoms with Crippen molar-refractivity contribution in [3.05, 3.63) is 23.4 Å². The van der Waals surface area contributed by atoms with Gasteiger partial charge in [0.2, 0.25) is 0 Å². The molecule has 1 fully saturated rings. The third kappa shape index (κ3) is 3.46. The van der Waals surface area contributed by atoms with E-state index in [1.165, 1.54) is 6.42 Å². The summed E-state index contributed by atoms with van der Waals surface area (Å²) in [6.07, 6.45) is 3.44. The van der Waals surface area contributed by atoms with Crippen LogP contribution in [0, 0.1) is 12.8 Å². The smallest absolute Gasteiger partial charge is 0.254 e. The van der Waals surface area contributed by atoms with E-state index in [-0.39, 0.29) is 5.91 Å². The molecule has 0 aromatic carbocycles. The Morgan fingerprint density at radius 2 is 2.16 bits per heavy atom. The number of pyridine rings is 1. The molecule has 1 aliphatic rings. The first kappa shape index (κ1) is 13.8. The second-order valence-corrected chi connectivity index (χ2v) is 5.46. The van der Waals surface area contributed by atoms with Gasteiger partial charge in [0, 0.05) is 31.4 Å². The topological polar surface area (TPSA) is 45.2 Å². The van der Waals surface area contributed by atoms with Crippen molar-refractivity contribution in [3.63, 3.8) is 0 Å². The first-order valence-electron chi connectivity index (χ1n) is 7.06. The number of carbonyl (C=O) groups is 1. The molecule has 2 rings (SSSR count). The Bertz CT molecular complexity index is 459. The highest BCUT2D eigenvalue weighted by Crippen LogP contribution is 2.19. The van der Waals surface area contributed by atoms with Crippen molar-refractivity contribution in [1.29, 1.82) is 0 Å². The summed E-state index contributed by atoms with van der Waals surface area (Å²) in [7, 11) is 1.82. The predicted octanol–water partition coefficient (Wildman–Crippen LogP) is 2.69. The summed E-state index contributed by atoms with van der Waals surface area (Å²) in [4.78, 5) is 18.9. The Hall–Kier alpha value is -1.58. The molecule has 0 spiro atoms. The van der Waals surface area contributed by atoms with Gasteiger partial charge in [0.25, 0.3) is 5.91 Å². The minimum absolute atomic E-state index is 0.135. The van der Waals surface area contributed by atoms with Gasteiger partial charge >= 0.3 is 0 Å². The van der Waals surface area contributed by atoms with E-state index >= 15 is 0 Å². The zero-order valence-corrected chi connectivity index (χ0v) is 12.1. The van der Waals surface area contributed by atoms with Gasteiger partial charge in [0.15, 0.2) is 0 Å². The van der Waals surface area contributed by atoms with E-state index in [0.717, 1.165) is 48.9 Å². The SMILES string of the molecule is CNc1cc(C(=O)N2CCCC(C)CC2)cc(C)n1. The number of aryl methyl sites for hydroxylation is 1. The quantitative estimate of drug-likeness (QED) is 0.890. The van der Waals surface area contributed by atoms with Gasteiger partial charge in [-0.3, -0.25) is 4.79 Å². The van der Waals surface area contributed by atoms with Gasteiger partial charge in [0.05, 0.1) is 0 Å². The van der Waals surface area contributed by atoms with Crippen LogP contribution >= 0.6 is 0 Å². The molecule has 0 radical (unpaired) electrons. The molecule has 0 bridgehead atoms. The number of likely N-dealkylation sites (tertiary alicyclic amines) is 1. The molecule has 1 saturated heterocycles. The van der Waals surface area contributed by atoms with Gasteiger partial charge in [-0.1, -0.05) is 6.92 Å². The van der Waals surface area contributed by atoms with Crippen LogP contribution in [0.25, 0.3) is 0 Å². The lowest BCUT2D eigenvalue weighted by Gasteiger charge is -2.21. The Labute approximate surface area is 115 Å². The van der Waals surface area contributed by atoms with Crippen molar-refractivity contribution in [3.8, 4) is 0 Å². The maximum atomic E-state index is 12.5. The molecule has 4 heteroatoms. The fraction of sp³-hybridized carbons (Fsp3) is 0.600. The number of hydrogen-bond donors (Lipinski definition) is 1. The van der Waals surface area contributed by atoms with Gasteiger partial charge in [-0.15, -0.1) is 0 Å². The van der Waals surface area contributed by atoms with Crippen LogP contribution in [0.15, 0.2) is 12.1 Å². The van der Waals surface area contributed by atoms with Crippen LogP contribution < -0.4 is 5.32 Å². The normalized spacial score (nSPS) is 19.9. The minimum Gasteiger partial charge on any atom is -0.373 e. The zero-order valence-electron chi connectivity index (χ0n) is 12.1. The van der Waals surface area contributed by atoms with E-state index in [0.29, 0.717) is 0 Å². The summed E-state index contributed by atoms with van der Waals surface area (Å²) in [5.41, 5.74) is 1.62. The van der Waals surface area contributed by atoms with Crippen LogP contribution in [0.4, 0.5) is 5.82 Å². The molecular formula is C15H23N3O. The summed E-state index contributed by atoms with van der Waals surface area (Å²) < 4.78 is 0. The van der Waals surface area contributed by atoms with Crippen LogP contribution in [0.1, 0.15) is 42.2 Å². The molecule has 19 heavy (non-hydrogen) atoms.